The molecular weight excluding hydrogens is 396 g/mol. The van der Waals surface area contributed by atoms with E-state index in [0.29, 0.717) is 29.4 Å². The average Bonchev–Trinajstić information content (AvgIpc) is 3.30. The Labute approximate surface area is 171 Å². The third-order valence-electron chi connectivity index (χ3n) is 4.04. The van der Waals surface area contributed by atoms with Crippen molar-refractivity contribution in [3.63, 3.8) is 0 Å². The maximum Gasteiger partial charge on any atom is 0.276 e. The summed E-state index contributed by atoms with van der Waals surface area (Å²) < 4.78 is 33.5. The minimum atomic E-state index is -0.701. The Balaban J connectivity index is 1.82. The molecule has 0 saturated carbocycles. The number of H-pyrrole nitrogens is 1. The van der Waals surface area contributed by atoms with Gasteiger partial charge >= 0.3 is 0 Å². The molecule has 0 saturated heterocycles. The number of nitrogens with one attached hydrogen (secondary N) is 3. The molecule has 0 radical (unpaired) electrons. The van der Waals surface area contributed by atoms with E-state index >= 15 is 0 Å². The Morgan fingerprint density at radius 1 is 1.30 bits per heavy atom. The van der Waals surface area contributed by atoms with Gasteiger partial charge in [0, 0.05) is 38.1 Å². The second-order valence-corrected chi connectivity index (χ2v) is 6.53. The number of amides is 1. The Morgan fingerprint density at radius 3 is 2.67 bits per heavy atom. The number of nitrogens with zero attached hydrogens (tertiary/aromatic N) is 4. The lowest BCUT2D eigenvalue weighted by atomic mass is 10.1. The van der Waals surface area contributed by atoms with Gasteiger partial charge in [0.1, 0.15) is 17.3 Å². The van der Waals surface area contributed by atoms with E-state index in [0.717, 1.165) is 6.07 Å². The van der Waals surface area contributed by atoms with Gasteiger partial charge in [-0.25, -0.2) is 13.8 Å². The lowest BCUT2D eigenvalue weighted by Crippen LogP contribution is -2.38. The topological polar surface area (TPSA) is 109 Å². The van der Waals surface area contributed by atoms with Crippen LogP contribution in [-0.2, 0) is 11.8 Å². The molecule has 2 aromatic heterocycles. The highest BCUT2D eigenvalue weighted by Crippen LogP contribution is 2.22. The van der Waals surface area contributed by atoms with E-state index in [1.165, 1.54) is 23.0 Å². The summed E-state index contributed by atoms with van der Waals surface area (Å²) >= 11 is 0. The van der Waals surface area contributed by atoms with Gasteiger partial charge in [0.05, 0.1) is 18.3 Å². The second-order valence-electron chi connectivity index (χ2n) is 6.53. The Hall–Kier alpha value is -3.60. The number of ether oxygens (including phenoxy) is 1. The molecule has 9 nitrogen and oxygen atoms in total. The van der Waals surface area contributed by atoms with Crippen LogP contribution in [0, 0.1) is 11.6 Å². The number of aromatic nitrogens is 4. The van der Waals surface area contributed by atoms with E-state index in [1.807, 2.05) is 6.92 Å². The molecule has 0 aliphatic carbocycles. The fourth-order valence-corrected chi connectivity index (χ4v) is 2.73. The minimum Gasteiger partial charge on any atom is -0.382 e. The number of carbonyl (C=O) groups excluding carboxylic acids is 1. The molecule has 0 aliphatic heterocycles. The molecule has 0 fully saturated rings. The highest BCUT2D eigenvalue weighted by atomic mass is 19.1. The number of carbonyl (C=O) groups is 1. The zero-order valence-corrected chi connectivity index (χ0v) is 16.6. The second kappa shape index (κ2) is 9.27. The number of benzene rings is 1. The smallest absolute Gasteiger partial charge is 0.276 e. The molecule has 1 atom stereocenters. The molecule has 11 heteroatoms. The van der Waals surface area contributed by atoms with E-state index in [1.54, 1.807) is 26.3 Å². The van der Waals surface area contributed by atoms with Crippen molar-refractivity contribution in [2.75, 3.05) is 19.0 Å². The first kappa shape index (κ1) is 21.1. The zero-order valence-electron chi connectivity index (χ0n) is 16.6. The Kier molecular flexibility index (Phi) is 6.52. The monoisotopic (exact) mass is 417 g/mol. The molecule has 0 spiro atoms. The number of halogens is 2. The van der Waals surface area contributed by atoms with Gasteiger partial charge in [-0.05, 0) is 25.1 Å². The SMILES string of the molecule is COC[C@H](C)N=C(NC(=O)c1ccnn1C)Nc1cc(-c2cc(F)cc(F)c2)[nH]n1. The molecule has 3 aromatic rings. The number of aliphatic imine (C=N–C) groups is 1. The van der Waals surface area contributed by atoms with E-state index < -0.39 is 17.5 Å². The lowest BCUT2D eigenvalue weighted by Gasteiger charge is -2.12. The highest BCUT2D eigenvalue weighted by molar-refractivity contribution is 6.09. The molecular formula is C19H21F2N7O2. The number of aryl methyl sites for hydroxylation is 1. The van der Waals surface area contributed by atoms with Crippen LogP contribution >= 0.6 is 0 Å². The summed E-state index contributed by atoms with van der Waals surface area (Å²) in [5.41, 5.74) is 1.01. The van der Waals surface area contributed by atoms with Gasteiger partial charge in [-0.1, -0.05) is 0 Å². The van der Waals surface area contributed by atoms with Gasteiger partial charge in [-0.3, -0.25) is 19.9 Å². The van der Waals surface area contributed by atoms with Crippen molar-refractivity contribution in [3.05, 3.63) is 53.9 Å². The Bertz CT molecular complexity index is 1040. The number of anilines is 1. The first-order chi connectivity index (χ1) is 14.4. The summed E-state index contributed by atoms with van der Waals surface area (Å²) in [7, 11) is 3.19. The number of methoxy groups -OCH3 is 1. The molecule has 1 aromatic carbocycles. The van der Waals surface area contributed by atoms with Crippen molar-refractivity contribution in [2.24, 2.45) is 12.0 Å². The lowest BCUT2D eigenvalue weighted by molar-refractivity contribution is 0.0967. The number of hydrogen-bond donors (Lipinski definition) is 3. The molecule has 0 bridgehead atoms. The highest BCUT2D eigenvalue weighted by Gasteiger charge is 2.15. The maximum absolute atomic E-state index is 13.5. The summed E-state index contributed by atoms with van der Waals surface area (Å²) in [4.78, 5) is 16.9. The summed E-state index contributed by atoms with van der Waals surface area (Å²) in [6, 6.07) is 5.99. The molecule has 2 heterocycles. The van der Waals surface area contributed by atoms with Crippen LogP contribution in [0.1, 0.15) is 17.4 Å². The first-order valence-electron chi connectivity index (χ1n) is 9.00. The third-order valence-corrected chi connectivity index (χ3v) is 4.04. The van der Waals surface area contributed by atoms with Crippen LogP contribution in [0.15, 0.2) is 41.5 Å². The van der Waals surface area contributed by atoms with E-state index in [4.69, 9.17) is 4.74 Å². The standard InChI is InChI=1S/C19H21F2N7O2/c1-11(10-30-3)23-19(25-18(29)16-4-5-22-28(16)2)24-17-9-15(26-27-17)12-6-13(20)8-14(21)7-12/h4-9,11H,10H2,1-3H3,(H3,23,24,25,26,27,29)/t11-/m0/s1. The normalized spacial score (nSPS) is 12.6. The fourth-order valence-electron chi connectivity index (χ4n) is 2.73. The van der Waals surface area contributed by atoms with Crippen molar-refractivity contribution in [1.29, 1.82) is 0 Å². The van der Waals surface area contributed by atoms with Crippen LogP contribution in [0.3, 0.4) is 0 Å². The van der Waals surface area contributed by atoms with E-state index in [9.17, 15) is 13.6 Å². The zero-order chi connectivity index (χ0) is 21.7. The fraction of sp³-hybridized carbons (Fsp3) is 0.263. The van der Waals surface area contributed by atoms with Crippen molar-refractivity contribution in [3.8, 4) is 11.3 Å². The summed E-state index contributed by atoms with van der Waals surface area (Å²) in [6.45, 7) is 2.15. The van der Waals surface area contributed by atoms with Gasteiger partial charge < -0.3 is 10.1 Å². The number of hydrogen-bond acceptors (Lipinski definition) is 5. The molecule has 1 amide bonds. The quantitative estimate of drug-likeness (QED) is 0.421. The molecule has 3 N–H and O–H groups in total. The van der Waals surface area contributed by atoms with Crippen LogP contribution in [0.5, 0.6) is 0 Å². The molecule has 30 heavy (non-hydrogen) atoms. The third kappa shape index (κ3) is 5.26. The minimum absolute atomic E-state index is 0.134. The molecule has 0 unspecified atom stereocenters. The largest absolute Gasteiger partial charge is 0.382 e. The van der Waals surface area contributed by atoms with Crippen molar-refractivity contribution >= 4 is 17.7 Å². The van der Waals surface area contributed by atoms with Gasteiger partial charge in [0.2, 0.25) is 5.96 Å². The number of aromatic amines is 1. The van der Waals surface area contributed by atoms with Crippen LogP contribution in [0.4, 0.5) is 14.6 Å². The van der Waals surface area contributed by atoms with Gasteiger partial charge in [0.15, 0.2) is 5.82 Å². The van der Waals surface area contributed by atoms with Crippen LogP contribution < -0.4 is 10.6 Å². The van der Waals surface area contributed by atoms with Gasteiger partial charge in [-0.2, -0.15) is 10.2 Å². The van der Waals surface area contributed by atoms with Crippen molar-refractivity contribution < 1.29 is 18.3 Å². The summed E-state index contributed by atoms with van der Waals surface area (Å²) in [5.74, 6) is -1.40. The van der Waals surface area contributed by atoms with Crippen molar-refractivity contribution in [1.82, 2.24) is 25.3 Å². The average molecular weight is 417 g/mol. The van der Waals surface area contributed by atoms with Gasteiger partial charge in [0.25, 0.3) is 5.91 Å². The van der Waals surface area contributed by atoms with Crippen molar-refractivity contribution in [2.45, 2.75) is 13.0 Å². The van der Waals surface area contributed by atoms with Gasteiger partial charge in [-0.15, -0.1) is 0 Å². The van der Waals surface area contributed by atoms with Crippen LogP contribution in [0.25, 0.3) is 11.3 Å². The first-order valence-corrected chi connectivity index (χ1v) is 9.00. The summed E-state index contributed by atoms with van der Waals surface area (Å²) in [6.07, 6.45) is 1.50. The molecule has 0 aliphatic rings. The summed E-state index contributed by atoms with van der Waals surface area (Å²) in [5, 5.41) is 16.3. The van der Waals surface area contributed by atoms with E-state index in [-0.39, 0.29) is 12.0 Å². The predicted molar refractivity (Wildman–Crippen MR) is 107 cm³/mol. The Morgan fingerprint density at radius 2 is 2.03 bits per heavy atom. The molecule has 158 valence electrons. The van der Waals surface area contributed by atoms with Crippen LogP contribution in [-0.4, -0.2) is 51.6 Å². The van der Waals surface area contributed by atoms with E-state index in [2.05, 4.69) is 30.9 Å². The molecule has 3 rings (SSSR count). The predicted octanol–water partition coefficient (Wildman–Crippen LogP) is 2.32. The number of guanidine groups is 1. The maximum atomic E-state index is 13.5. The van der Waals surface area contributed by atoms with Crippen LogP contribution in [0.2, 0.25) is 0 Å². The number of rotatable bonds is 6.